The molecule has 0 spiro atoms. The molecule has 14 heavy (non-hydrogen) atoms. The fraction of sp³-hybridized carbons (Fsp3) is 0.500. The van der Waals surface area contributed by atoms with Gasteiger partial charge in [-0.3, -0.25) is 4.79 Å². The molecular weight excluding hydrogens is 180 g/mol. The van der Waals surface area contributed by atoms with Gasteiger partial charge in [-0.15, -0.1) is 0 Å². The van der Waals surface area contributed by atoms with E-state index in [4.69, 9.17) is 4.74 Å². The molecule has 4 nitrogen and oxygen atoms in total. The highest BCUT2D eigenvalue weighted by atomic mass is 16.5. The van der Waals surface area contributed by atoms with Gasteiger partial charge in [0, 0.05) is 12.6 Å². The van der Waals surface area contributed by atoms with Gasteiger partial charge in [0.15, 0.2) is 11.6 Å². The molecule has 0 heterocycles. The molecule has 0 fully saturated rings. The number of hydrogen-bond acceptors (Lipinski definition) is 3. The van der Waals surface area contributed by atoms with E-state index >= 15 is 0 Å². The number of aliphatic imine (C=N–C) groups is 2. The van der Waals surface area contributed by atoms with Crippen molar-refractivity contribution in [1.29, 1.82) is 0 Å². The Morgan fingerprint density at radius 1 is 1.29 bits per heavy atom. The average Bonchev–Trinajstić information content (AvgIpc) is 2.02. The number of amidine groups is 1. The first kappa shape index (κ1) is 12.6. The highest BCUT2D eigenvalue weighted by Gasteiger charge is 2.04. The second-order valence-corrected chi connectivity index (χ2v) is 2.88. The Kier molecular flexibility index (Phi) is 5.44. The SMILES string of the molecule is C=C(/N=C(\N=C(C)C)C(C)=O)OCC. The zero-order valence-corrected chi connectivity index (χ0v) is 9.13. The molecule has 0 unspecified atom stereocenters. The summed E-state index contributed by atoms with van der Waals surface area (Å²) in [6.45, 7) is 10.8. The normalized spacial score (nSPS) is 10.7. The van der Waals surface area contributed by atoms with Crippen LogP contribution in [0.5, 0.6) is 0 Å². The first-order chi connectivity index (χ1) is 6.47. The largest absolute Gasteiger partial charge is 0.478 e. The molecule has 0 aromatic heterocycles. The lowest BCUT2D eigenvalue weighted by Crippen LogP contribution is -2.09. The summed E-state index contributed by atoms with van der Waals surface area (Å²) in [5.74, 6) is 0.137. The number of carbonyl (C=O) groups is 1. The van der Waals surface area contributed by atoms with E-state index in [0.29, 0.717) is 6.61 Å². The van der Waals surface area contributed by atoms with Crippen LogP contribution in [0.2, 0.25) is 0 Å². The molecule has 0 aromatic carbocycles. The Morgan fingerprint density at radius 3 is 2.21 bits per heavy atom. The van der Waals surface area contributed by atoms with Crippen LogP contribution in [-0.2, 0) is 9.53 Å². The second kappa shape index (κ2) is 6.07. The van der Waals surface area contributed by atoms with Crippen molar-refractivity contribution in [2.24, 2.45) is 9.98 Å². The molecule has 0 atom stereocenters. The minimum Gasteiger partial charge on any atom is -0.478 e. The van der Waals surface area contributed by atoms with E-state index in [-0.39, 0.29) is 17.5 Å². The molecule has 0 N–H and O–H groups in total. The minimum absolute atomic E-state index is 0.128. The molecule has 0 aliphatic carbocycles. The number of ether oxygens (including phenoxy) is 1. The summed E-state index contributed by atoms with van der Waals surface area (Å²) >= 11 is 0. The predicted octanol–water partition coefficient (Wildman–Crippen LogP) is 1.96. The summed E-state index contributed by atoms with van der Waals surface area (Å²) in [5, 5.41) is 0. The Bertz CT molecular complexity index is 286. The van der Waals surface area contributed by atoms with Gasteiger partial charge in [0.1, 0.15) is 0 Å². The van der Waals surface area contributed by atoms with Gasteiger partial charge in [-0.2, -0.15) is 4.99 Å². The molecule has 0 amide bonds. The minimum atomic E-state index is -0.202. The molecule has 0 saturated carbocycles. The fourth-order valence-corrected chi connectivity index (χ4v) is 0.711. The third-order valence-electron chi connectivity index (χ3n) is 1.19. The molecule has 0 saturated heterocycles. The monoisotopic (exact) mass is 196 g/mol. The van der Waals surface area contributed by atoms with Crippen LogP contribution < -0.4 is 0 Å². The van der Waals surface area contributed by atoms with Crippen LogP contribution in [0.25, 0.3) is 0 Å². The van der Waals surface area contributed by atoms with Gasteiger partial charge in [0.05, 0.1) is 6.61 Å². The molecule has 0 aromatic rings. The Hall–Kier alpha value is -1.45. The van der Waals surface area contributed by atoms with E-state index in [1.54, 1.807) is 13.8 Å². The van der Waals surface area contributed by atoms with Crippen molar-refractivity contribution in [3.63, 3.8) is 0 Å². The maximum Gasteiger partial charge on any atom is 0.207 e. The van der Waals surface area contributed by atoms with Crippen molar-refractivity contribution in [2.75, 3.05) is 6.61 Å². The summed E-state index contributed by atoms with van der Waals surface area (Å²) in [5.41, 5.74) is 0.767. The van der Waals surface area contributed by atoms with Crippen molar-refractivity contribution < 1.29 is 9.53 Å². The van der Waals surface area contributed by atoms with Crippen LogP contribution >= 0.6 is 0 Å². The molecule has 0 bridgehead atoms. The Labute approximate surface area is 84.4 Å². The van der Waals surface area contributed by atoms with Crippen LogP contribution in [0, 0.1) is 0 Å². The lowest BCUT2D eigenvalue weighted by molar-refractivity contribution is -0.111. The third kappa shape index (κ3) is 5.24. The van der Waals surface area contributed by atoms with Crippen molar-refractivity contribution in [3.8, 4) is 0 Å². The Balaban J connectivity index is 4.74. The summed E-state index contributed by atoms with van der Waals surface area (Å²) < 4.78 is 5.00. The van der Waals surface area contributed by atoms with Crippen LogP contribution in [0.3, 0.4) is 0 Å². The van der Waals surface area contributed by atoms with E-state index in [2.05, 4.69) is 16.6 Å². The van der Waals surface area contributed by atoms with Gasteiger partial charge in [-0.25, -0.2) is 4.99 Å². The van der Waals surface area contributed by atoms with E-state index in [1.807, 2.05) is 6.92 Å². The zero-order chi connectivity index (χ0) is 11.1. The highest BCUT2D eigenvalue weighted by Crippen LogP contribution is 1.98. The molecule has 0 rings (SSSR count). The molecule has 0 aliphatic heterocycles. The van der Waals surface area contributed by atoms with Crippen LogP contribution in [0.4, 0.5) is 0 Å². The molecule has 0 radical (unpaired) electrons. The second-order valence-electron chi connectivity index (χ2n) is 2.88. The quantitative estimate of drug-likeness (QED) is 0.392. The molecule has 4 heteroatoms. The van der Waals surface area contributed by atoms with Crippen LogP contribution in [-0.4, -0.2) is 23.9 Å². The summed E-state index contributed by atoms with van der Waals surface area (Å²) in [4.78, 5) is 18.9. The first-order valence-electron chi connectivity index (χ1n) is 4.40. The van der Waals surface area contributed by atoms with Crippen molar-refractivity contribution in [3.05, 3.63) is 12.5 Å². The number of hydrogen-bond donors (Lipinski definition) is 0. The predicted molar refractivity (Wildman–Crippen MR) is 57.7 cm³/mol. The number of carbonyl (C=O) groups excluding carboxylic acids is 1. The zero-order valence-electron chi connectivity index (χ0n) is 9.13. The molecule has 0 aliphatic rings. The highest BCUT2D eigenvalue weighted by molar-refractivity contribution is 6.40. The number of Topliss-reactive ketones (excluding diaryl/α,β-unsaturated/α-hetero) is 1. The molecular formula is C10H16N2O2. The molecule has 78 valence electrons. The van der Waals surface area contributed by atoms with Gasteiger partial charge < -0.3 is 4.74 Å². The maximum atomic E-state index is 11.1. The van der Waals surface area contributed by atoms with Gasteiger partial charge in [0.2, 0.25) is 5.88 Å². The van der Waals surface area contributed by atoms with Crippen molar-refractivity contribution in [2.45, 2.75) is 27.7 Å². The summed E-state index contributed by atoms with van der Waals surface area (Å²) in [6, 6.07) is 0. The van der Waals surface area contributed by atoms with Crippen LogP contribution in [0.1, 0.15) is 27.7 Å². The fourth-order valence-electron chi connectivity index (χ4n) is 0.711. The summed E-state index contributed by atoms with van der Waals surface area (Å²) in [6.07, 6.45) is 0. The summed E-state index contributed by atoms with van der Waals surface area (Å²) in [7, 11) is 0. The van der Waals surface area contributed by atoms with Gasteiger partial charge in [-0.05, 0) is 27.4 Å². The Morgan fingerprint density at radius 2 is 1.86 bits per heavy atom. The third-order valence-corrected chi connectivity index (χ3v) is 1.19. The lowest BCUT2D eigenvalue weighted by Gasteiger charge is -2.01. The average molecular weight is 196 g/mol. The maximum absolute atomic E-state index is 11.1. The van der Waals surface area contributed by atoms with Gasteiger partial charge >= 0.3 is 0 Å². The smallest absolute Gasteiger partial charge is 0.207 e. The van der Waals surface area contributed by atoms with E-state index in [1.165, 1.54) is 6.92 Å². The lowest BCUT2D eigenvalue weighted by atomic mass is 10.4. The van der Waals surface area contributed by atoms with Crippen molar-refractivity contribution >= 4 is 17.3 Å². The van der Waals surface area contributed by atoms with Crippen molar-refractivity contribution in [1.82, 2.24) is 0 Å². The van der Waals surface area contributed by atoms with E-state index in [0.717, 1.165) is 5.71 Å². The van der Waals surface area contributed by atoms with E-state index < -0.39 is 0 Å². The topological polar surface area (TPSA) is 51.0 Å². The first-order valence-corrected chi connectivity index (χ1v) is 4.40. The van der Waals surface area contributed by atoms with E-state index in [9.17, 15) is 4.79 Å². The number of rotatable bonds is 4. The van der Waals surface area contributed by atoms with Gasteiger partial charge in [-0.1, -0.05) is 0 Å². The number of ketones is 1. The van der Waals surface area contributed by atoms with Crippen LogP contribution in [0.15, 0.2) is 22.4 Å². The number of nitrogens with zero attached hydrogens (tertiary/aromatic N) is 2. The standard InChI is InChI=1S/C10H16N2O2/c1-6-14-9(5)12-10(8(4)13)11-7(2)3/h5-6H2,1-4H3/b12-10-. The van der Waals surface area contributed by atoms with Gasteiger partial charge in [0.25, 0.3) is 0 Å².